The molecule has 1 saturated heterocycles. The fourth-order valence-corrected chi connectivity index (χ4v) is 8.99. The van der Waals surface area contributed by atoms with E-state index in [1.807, 2.05) is 13.0 Å². The van der Waals surface area contributed by atoms with Gasteiger partial charge in [-0.3, -0.25) is 9.59 Å². The van der Waals surface area contributed by atoms with Gasteiger partial charge in [-0.25, -0.2) is 12.8 Å². The molecule has 0 bridgehead atoms. The van der Waals surface area contributed by atoms with Crippen LogP contribution in [0.3, 0.4) is 0 Å². The predicted octanol–water partition coefficient (Wildman–Crippen LogP) is 7.74. The second kappa shape index (κ2) is 12.5. The van der Waals surface area contributed by atoms with Crippen molar-refractivity contribution in [3.63, 3.8) is 0 Å². The number of halogens is 7. The van der Waals surface area contributed by atoms with Gasteiger partial charge in [-0.05, 0) is 73.4 Å². The zero-order chi connectivity index (χ0) is 35.3. The van der Waals surface area contributed by atoms with Crippen LogP contribution in [0.25, 0.3) is 11.1 Å². The van der Waals surface area contributed by atoms with Crippen LogP contribution < -0.4 is 0 Å². The summed E-state index contributed by atoms with van der Waals surface area (Å²) < 4.78 is 123. The lowest BCUT2D eigenvalue weighted by Gasteiger charge is -2.33. The summed E-state index contributed by atoms with van der Waals surface area (Å²) in [4.78, 5) is 26.1. The molecule has 1 aliphatic carbocycles. The SMILES string of the molecule is Cc1ccccc1-c1cccc(S(=O)(=O)C2(c3ccc(C(F)(C(F)(F)F)C(F)(F)F)cc3)CCN(C(=O)[C@H]3CC[C@H](C(=O)O)CC3)C2)c1. The Morgan fingerprint density at radius 2 is 1.40 bits per heavy atom. The first-order chi connectivity index (χ1) is 22.3. The minimum absolute atomic E-state index is 0.103. The van der Waals surface area contributed by atoms with Crippen LogP contribution in [0.1, 0.15) is 48.8 Å². The summed E-state index contributed by atoms with van der Waals surface area (Å²) in [6.45, 7) is 1.26. The number of likely N-dealkylation sites (tertiary alicyclic amines) is 1. The van der Waals surface area contributed by atoms with E-state index in [1.165, 1.54) is 23.1 Å². The Bertz CT molecular complexity index is 1790. The minimum atomic E-state index is -6.36. The van der Waals surface area contributed by atoms with E-state index in [0.29, 0.717) is 5.56 Å². The van der Waals surface area contributed by atoms with Crippen molar-refractivity contribution in [2.45, 2.75) is 66.7 Å². The molecule has 0 spiro atoms. The highest BCUT2D eigenvalue weighted by atomic mass is 32.2. The highest BCUT2D eigenvalue weighted by Gasteiger charge is 2.73. The number of sulfone groups is 1. The maximum atomic E-state index is 14.9. The molecule has 1 amide bonds. The average Bonchev–Trinajstić information content (AvgIpc) is 3.51. The number of carboxylic acids is 1. The molecule has 3 aromatic rings. The molecule has 14 heteroatoms. The second-order valence-corrected chi connectivity index (χ2v) is 14.7. The van der Waals surface area contributed by atoms with Gasteiger partial charge in [0.15, 0.2) is 9.84 Å². The lowest BCUT2D eigenvalue weighted by atomic mass is 9.81. The number of aliphatic carboxylic acids is 1. The largest absolute Gasteiger partial charge is 0.481 e. The Morgan fingerprint density at radius 3 is 1.96 bits per heavy atom. The van der Waals surface area contributed by atoms with Crippen molar-refractivity contribution in [2.24, 2.45) is 11.8 Å². The summed E-state index contributed by atoms with van der Waals surface area (Å²) in [6, 6.07) is 15.2. The van der Waals surface area contributed by atoms with Gasteiger partial charge < -0.3 is 10.0 Å². The summed E-state index contributed by atoms with van der Waals surface area (Å²) in [5, 5.41) is 9.32. The Hall–Kier alpha value is -3.94. The van der Waals surface area contributed by atoms with Crippen molar-refractivity contribution in [3.8, 4) is 11.1 Å². The molecule has 1 heterocycles. The first kappa shape index (κ1) is 35.4. The number of carboxylic acid groups (broad SMARTS) is 1. The molecule has 1 atom stereocenters. The highest BCUT2D eigenvalue weighted by molar-refractivity contribution is 7.92. The normalized spacial score (nSPS) is 22.5. The van der Waals surface area contributed by atoms with Crippen LogP contribution >= 0.6 is 0 Å². The maximum Gasteiger partial charge on any atom is 0.435 e. The van der Waals surface area contributed by atoms with E-state index in [0.717, 1.165) is 23.3 Å². The molecular weight excluding hydrogens is 667 g/mol. The van der Waals surface area contributed by atoms with E-state index in [-0.39, 0.29) is 61.2 Å². The van der Waals surface area contributed by atoms with Gasteiger partial charge in [-0.15, -0.1) is 0 Å². The highest BCUT2D eigenvalue weighted by Crippen LogP contribution is 2.54. The average molecular weight is 700 g/mol. The molecule has 6 nitrogen and oxygen atoms in total. The van der Waals surface area contributed by atoms with E-state index < -0.39 is 68.4 Å². The van der Waals surface area contributed by atoms with Gasteiger partial charge in [0, 0.05) is 24.6 Å². The number of carbonyl (C=O) groups excluding carboxylic acids is 1. The molecule has 1 saturated carbocycles. The molecule has 2 fully saturated rings. The van der Waals surface area contributed by atoms with Crippen molar-refractivity contribution >= 4 is 21.7 Å². The van der Waals surface area contributed by atoms with Crippen LogP contribution in [0.15, 0.2) is 77.7 Å². The van der Waals surface area contributed by atoms with E-state index in [4.69, 9.17) is 0 Å². The Balaban J connectivity index is 1.58. The standard InChI is InChI=1S/C34H32F7NO5S/c1-21-5-2-3-8-28(21)24-6-4-7-27(19-24)48(46,47)31(17-18-42(20-31)29(43)22-9-11-23(12-10-22)30(44)45)25-13-15-26(16-14-25)32(35,33(36,37)38)34(39,40)41/h2-8,13-16,19,22-23H,9-12,17-18,20H2,1H3,(H,44,45)/t22-,23-,31?. The summed E-state index contributed by atoms with van der Waals surface area (Å²) in [6.07, 6.45) is -12.0. The molecule has 0 radical (unpaired) electrons. The van der Waals surface area contributed by atoms with Crippen molar-refractivity contribution in [1.82, 2.24) is 4.90 Å². The first-order valence-electron chi connectivity index (χ1n) is 15.2. The predicted molar refractivity (Wildman–Crippen MR) is 161 cm³/mol. The van der Waals surface area contributed by atoms with Crippen molar-refractivity contribution < 1.29 is 53.8 Å². The third-order valence-electron chi connectivity index (χ3n) is 9.67. The molecule has 2 aliphatic rings. The van der Waals surface area contributed by atoms with E-state index in [9.17, 15) is 53.8 Å². The van der Waals surface area contributed by atoms with Gasteiger partial charge in [-0.1, -0.05) is 60.7 Å². The van der Waals surface area contributed by atoms with E-state index >= 15 is 0 Å². The molecule has 1 aliphatic heterocycles. The zero-order valence-electron chi connectivity index (χ0n) is 25.6. The molecular formula is C34H32F7NO5S. The summed E-state index contributed by atoms with van der Waals surface area (Å²) >= 11 is 0. The summed E-state index contributed by atoms with van der Waals surface area (Å²) in [5.74, 6) is -2.59. The fraction of sp³-hybridized carbons (Fsp3) is 0.412. The molecule has 3 aromatic carbocycles. The minimum Gasteiger partial charge on any atom is -0.481 e. The van der Waals surface area contributed by atoms with Gasteiger partial charge in [-0.2, -0.15) is 26.3 Å². The van der Waals surface area contributed by atoms with Gasteiger partial charge in [0.1, 0.15) is 4.75 Å². The second-order valence-electron chi connectivity index (χ2n) is 12.5. The van der Waals surface area contributed by atoms with E-state index in [2.05, 4.69) is 0 Å². The monoisotopic (exact) mass is 699 g/mol. The third kappa shape index (κ3) is 5.96. The quantitative estimate of drug-likeness (QED) is 0.255. The lowest BCUT2D eigenvalue weighted by molar-refractivity contribution is -0.348. The van der Waals surface area contributed by atoms with Gasteiger partial charge in [0.05, 0.1) is 10.8 Å². The van der Waals surface area contributed by atoms with Crippen molar-refractivity contribution in [1.29, 1.82) is 0 Å². The molecule has 1 unspecified atom stereocenters. The smallest absolute Gasteiger partial charge is 0.435 e. The number of hydrogen-bond acceptors (Lipinski definition) is 4. The molecule has 0 aromatic heterocycles. The van der Waals surface area contributed by atoms with Crippen molar-refractivity contribution in [3.05, 3.63) is 89.5 Å². The van der Waals surface area contributed by atoms with Crippen LogP contribution in [0.4, 0.5) is 30.7 Å². The number of benzene rings is 3. The Labute approximate surface area is 272 Å². The summed E-state index contributed by atoms with van der Waals surface area (Å²) in [5.41, 5.74) is -5.56. The first-order valence-corrected chi connectivity index (χ1v) is 16.7. The van der Waals surface area contributed by atoms with Crippen LogP contribution in [0, 0.1) is 18.8 Å². The van der Waals surface area contributed by atoms with Gasteiger partial charge >= 0.3 is 24.0 Å². The topological polar surface area (TPSA) is 91.8 Å². The van der Waals surface area contributed by atoms with Crippen LogP contribution in [-0.4, -0.2) is 55.7 Å². The maximum absolute atomic E-state index is 14.9. The number of amides is 1. The van der Waals surface area contributed by atoms with E-state index in [1.54, 1.807) is 24.3 Å². The Kier molecular flexibility index (Phi) is 9.21. The fourth-order valence-electron chi connectivity index (χ4n) is 6.87. The summed E-state index contributed by atoms with van der Waals surface area (Å²) in [7, 11) is -4.53. The molecule has 48 heavy (non-hydrogen) atoms. The van der Waals surface area contributed by atoms with Crippen molar-refractivity contribution in [2.75, 3.05) is 13.1 Å². The number of rotatable bonds is 7. The lowest BCUT2D eigenvalue weighted by Crippen LogP contribution is -2.50. The van der Waals surface area contributed by atoms with Crippen LogP contribution in [0.5, 0.6) is 0 Å². The van der Waals surface area contributed by atoms with Crippen LogP contribution in [0.2, 0.25) is 0 Å². The van der Waals surface area contributed by atoms with Gasteiger partial charge in [0.25, 0.3) is 0 Å². The number of aryl methyl sites for hydroxylation is 1. The number of nitrogens with zero attached hydrogens (tertiary/aromatic N) is 1. The number of hydrogen-bond donors (Lipinski definition) is 1. The molecule has 1 N–H and O–H groups in total. The Morgan fingerprint density at radius 1 is 0.812 bits per heavy atom. The number of alkyl halides is 7. The van der Waals surface area contributed by atoms with Gasteiger partial charge in [0.2, 0.25) is 5.91 Å². The third-order valence-corrected chi connectivity index (χ3v) is 12.1. The van der Waals surface area contributed by atoms with Crippen LogP contribution in [-0.2, 0) is 29.8 Å². The molecule has 5 rings (SSSR count). The zero-order valence-corrected chi connectivity index (χ0v) is 26.4. The molecule has 258 valence electrons. The number of carbonyl (C=O) groups is 2.